The summed E-state index contributed by atoms with van der Waals surface area (Å²) in [4.78, 5) is 16.4. The molecule has 0 saturated carbocycles. The van der Waals surface area contributed by atoms with Gasteiger partial charge in [0.05, 0.1) is 7.11 Å². The molecule has 5 nitrogen and oxygen atoms in total. The first-order valence-electron chi connectivity index (χ1n) is 8.12. The average molecular weight is 349 g/mol. The fourth-order valence-corrected chi connectivity index (χ4v) is 2.43. The third-order valence-electron chi connectivity index (χ3n) is 3.77. The van der Waals surface area contributed by atoms with Gasteiger partial charge in [-0.3, -0.25) is 0 Å². The zero-order valence-corrected chi connectivity index (χ0v) is 14.7. The monoisotopic (exact) mass is 349 g/mol. The summed E-state index contributed by atoms with van der Waals surface area (Å²) in [7, 11) is 1.56. The Bertz CT molecular complexity index is 895. The Labute approximate surface area is 152 Å². The summed E-state index contributed by atoms with van der Waals surface area (Å²) < 4.78 is 16.1. The highest BCUT2D eigenvalue weighted by Gasteiger charge is 2.24. The van der Waals surface area contributed by atoms with Crippen LogP contribution in [-0.4, -0.2) is 25.6 Å². The molecule has 1 aliphatic heterocycles. The second-order valence-corrected chi connectivity index (χ2v) is 5.71. The molecule has 0 unspecified atom stereocenters. The molecule has 0 atom stereocenters. The lowest BCUT2D eigenvalue weighted by molar-refractivity contribution is -0.129. The molecule has 26 heavy (non-hydrogen) atoms. The number of hydrogen-bond acceptors (Lipinski definition) is 5. The molecule has 0 N–H and O–H groups in total. The van der Waals surface area contributed by atoms with Gasteiger partial charge in [-0.2, -0.15) is 0 Å². The number of hydrogen-bond donors (Lipinski definition) is 0. The first-order valence-corrected chi connectivity index (χ1v) is 8.12. The molecule has 0 amide bonds. The van der Waals surface area contributed by atoms with Gasteiger partial charge in [-0.15, -0.1) is 0 Å². The van der Waals surface area contributed by atoms with Gasteiger partial charge < -0.3 is 14.2 Å². The van der Waals surface area contributed by atoms with Crippen LogP contribution in [0.1, 0.15) is 16.7 Å². The highest BCUT2D eigenvalue weighted by atomic mass is 16.6. The van der Waals surface area contributed by atoms with Crippen LogP contribution in [0, 0.1) is 6.92 Å². The van der Waals surface area contributed by atoms with Crippen molar-refractivity contribution in [3.05, 3.63) is 77.5 Å². The van der Waals surface area contributed by atoms with Gasteiger partial charge in [0.15, 0.2) is 17.2 Å². The van der Waals surface area contributed by atoms with Crippen molar-refractivity contribution in [1.82, 2.24) is 0 Å². The number of rotatable bonds is 6. The van der Waals surface area contributed by atoms with Crippen LogP contribution in [0.15, 0.2) is 65.8 Å². The number of nitrogens with zero attached hydrogens (tertiary/aromatic N) is 1. The van der Waals surface area contributed by atoms with Gasteiger partial charge in [0.2, 0.25) is 5.90 Å². The van der Waals surface area contributed by atoms with Crippen molar-refractivity contribution >= 4 is 17.9 Å². The number of carbonyl (C=O) groups excluding carboxylic acids is 1. The van der Waals surface area contributed by atoms with Gasteiger partial charge in [-0.25, -0.2) is 9.79 Å². The molecule has 0 spiro atoms. The zero-order valence-electron chi connectivity index (χ0n) is 14.7. The minimum Gasteiger partial charge on any atom is -0.493 e. The number of methoxy groups -OCH3 is 1. The lowest BCUT2D eigenvalue weighted by atomic mass is 10.1. The SMILES string of the molecule is C=CCOc1ccc(/C=C2\N=C(c3ccc(C)cc3)OC2=O)cc1OC. The number of cyclic esters (lactones) is 1. The first-order chi connectivity index (χ1) is 12.6. The van der Waals surface area contributed by atoms with Crippen LogP contribution in [0.2, 0.25) is 0 Å². The standard InChI is InChI=1S/C21H19NO4/c1-4-11-25-18-10-7-15(13-19(18)24-3)12-17-21(23)26-20(22-17)16-8-5-14(2)6-9-16/h4-10,12-13H,1,11H2,2-3H3/b17-12-. The van der Waals surface area contributed by atoms with E-state index < -0.39 is 5.97 Å². The van der Waals surface area contributed by atoms with Gasteiger partial charge >= 0.3 is 5.97 Å². The first kappa shape index (κ1) is 17.5. The van der Waals surface area contributed by atoms with Crippen LogP contribution < -0.4 is 9.47 Å². The molecule has 5 heteroatoms. The largest absolute Gasteiger partial charge is 0.493 e. The summed E-state index contributed by atoms with van der Waals surface area (Å²) in [5.41, 5.74) is 2.88. The van der Waals surface area contributed by atoms with E-state index in [0.717, 1.165) is 16.7 Å². The predicted molar refractivity (Wildman–Crippen MR) is 100 cm³/mol. The fourth-order valence-electron chi connectivity index (χ4n) is 2.43. The molecule has 2 aromatic carbocycles. The van der Waals surface area contributed by atoms with E-state index in [1.54, 1.807) is 31.4 Å². The highest BCUT2D eigenvalue weighted by molar-refractivity contribution is 6.12. The Balaban J connectivity index is 1.88. The van der Waals surface area contributed by atoms with E-state index in [2.05, 4.69) is 11.6 Å². The number of esters is 1. The van der Waals surface area contributed by atoms with Crippen molar-refractivity contribution in [2.24, 2.45) is 4.99 Å². The highest BCUT2D eigenvalue weighted by Crippen LogP contribution is 2.29. The van der Waals surface area contributed by atoms with E-state index in [4.69, 9.17) is 14.2 Å². The molecule has 0 aromatic heterocycles. The van der Waals surface area contributed by atoms with Crippen LogP contribution in [0.5, 0.6) is 11.5 Å². The topological polar surface area (TPSA) is 57.1 Å². The maximum absolute atomic E-state index is 12.1. The smallest absolute Gasteiger partial charge is 0.363 e. The Morgan fingerprint density at radius 2 is 1.92 bits per heavy atom. The molecule has 0 aliphatic carbocycles. The van der Waals surface area contributed by atoms with E-state index in [-0.39, 0.29) is 5.70 Å². The van der Waals surface area contributed by atoms with Gasteiger partial charge in [-0.05, 0) is 42.8 Å². The van der Waals surface area contributed by atoms with Gasteiger partial charge in [0.1, 0.15) is 6.61 Å². The normalized spacial score (nSPS) is 14.8. The molecule has 0 bridgehead atoms. The molecule has 132 valence electrons. The zero-order chi connectivity index (χ0) is 18.5. The van der Waals surface area contributed by atoms with Gasteiger partial charge in [0.25, 0.3) is 0 Å². The summed E-state index contributed by atoms with van der Waals surface area (Å²) >= 11 is 0. The molecule has 0 fully saturated rings. The molecule has 2 aromatic rings. The molecular formula is C21H19NO4. The number of aliphatic imine (C=N–C) groups is 1. The Hall–Kier alpha value is -3.34. The third kappa shape index (κ3) is 3.83. The number of ether oxygens (including phenoxy) is 3. The Morgan fingerprint density at radius 1 is 1.15 bits per heavy atom. The minimum absolute atomic E-state index is 0.238. The van der Waals surface area contributed by atoms with E-state index in [9.17, 15) is 4.79 Å². The van der Waals surface area contributed by atoms with Gasteiger partial charge in [-0.1, -0.05) is 36.4 Å². The lowest BCUT2D eigenvalue weighted by Gasteiger charge is -2.09. The lowest BCUT2D eigenvalue weighted by Crippen LogP contribution is -2.05. The Kier molecular flexibility index (Phi) is 5.17. The van der Waals surface area contributed by atoms with Crippen LogP contribution in [0.3, 0.4) is 0 Å². The summed E-state index contributed by atoms with van der Waals surface area (Å²) in [5.74, 6) is 0.994. The maximum atomic E-state index is 12.1. The average Bonchev–Trinajstić information content (AvgIpc) is 3.01. The summed E-state index contributed by atoms with van der Waals surface area (Å²) in [6.45, 7) is 6.00. The van der Waals surface area contributed by atoms with E-state index in [0.29, 0.717) is 24.0 Å². The van der Waals surface area contributed by atoms with Crippen LogP contribution in [0.25, 0.3) is 6.08 Å². The second-order valence-electron chi connectivity index (χ2n) is 5.71. The minimum atomic E-state index is -0.480. The van der Waals surface area contributed by atoms with Gasteiger partial charge in [0, 0.05) is 5.56 Å². The van der Waals surface area contributed by atoms with Crippen molar-refractivity contribution in [1.29, 1.82) is 0 Å². The summed E-state index contributed by atoms with van der Waals surface area (Å²) in [6, 6.07) is 13.0. The molecule has 1 heterocycles. The van der Waals surface area contributed by atoms with Crippen molar-refractivity contribution in [3.8, 4) is 11.5 Å². The quantitative estimate of drug-likeness (QED) is 0.451. The van der Waals surface area contributed by atoms with Crippen LogP contribution in [0.4, 0.5) is 0 Å². The number of carbonyl (C=O) groups is 1. The summed E-state index contributed by atoms with van der Waals surface area (Å²) in [6.07, 6.45) is 3.31. The van der Waals surface area contributed by atoms with Crippen molar-refractivity contribution < 1.29 is 19.0 Å². The second kappa shape index (κ2) is 7.70. The number of aryl methyl sites for hydroxylation is 1. The summed E-state index contributed by atoms with van der Waals surface area (Å²) in [5, 5.41) is 0. The van der Waals surface area contributed by atoms with Crippen LogP contribution >= 0.6 is 0 Å². The van der Waals surface area contributed by atoms with E-state index in [1.165, 1.54) is 0 Å². The van der Waals surface area contributed by atoms with E-state index in [1.807, 2.05) is 37.3 Å². The van der Waals surface area contributed by atoms with Crippen molar-refractivity contribution in [3.63, 3.8) is 0 Å². The molecular weight excluding hydrogens is 330 g/mol. The maximum Gasteiger partial charge on any atom is 0.363 e. The fraction of sp³-hybridized carbons (Fsp3) is 0.143. The Morgan fingerprint density at radius 3 is 2.62 bits per heavy atom. The predicted octanol–water partition coefficient (Wildman–Crippen LogP) is 3.91. The van der Waals surface area contributed by atoms with Crippen molar-refractivity contribution in [2.45, 2.75) is 6.92 Å². The number of benzene rings is 2. The van der Waals surface area contributed by atoms with Crippen LogP contribution in [-0.2, 0) is 9.53 Å². The third-order valence-corrected chi connectivity index (χ3v) is 3.77. The molecule has 1 aliphatic rings. The van der Waals surface area contributed by atoms with E-state index >= 15 is 0 Å². The molecule has 0 saturated heterocycles. The molecule has 3 rings (SSSR count). The molecule has 0 radical (unpaired) electrons. The van der Waals surface area contributed by atoms with Crippen molar-refractivity contribution in [2.75, 3.05) is 13.7 Å².